The monoisotopic (exact) mass is 289 g/mol. The van der Waals surface area contributed by atoms with Crippen molar-refractivity contribution in [2.45, 2.75) is 69.7 Å². The minimum absolute atomic E-state index is 0.104. The molecular formula is C11H20F3O3S-. The Bertz CT molecular complexity index is 334. The molecule has 0 unspecified atom stereocenters. The van der Waals surface area contributed by atoms with Gasteiger partial charge in [-0.05, 0) is 26.7 Å². The SMILES string of the molecule is CC(C)(CCCCCCCC(F)(F)F)S(=O)(=O)[O-]. The van der Waals surface area contributed by atoms with Crippen LogP contribution in [0.4, 0.5) is 13.2 Å². The first-order chi connectivity index (χ1) is 7.96. The van der Waals surface area contributed by atoms with Crippen molar-refractivity contribution in [1.82, 2.24) is 0 Å². The van der Waals surface area contributed by atoms with Crippen LogP contribution in [0, 0.1) is 0 Å². The van der Waals surface area contributed by atoms with Gasteiger partial charge in [-0.2, -0.15) is 13.2 Å². The maximum absolute atomic E-state index is 11.8. The molecule has 0 aromatic carbocycles. The van der Waals surface area contributed by atoms with E-state index in [0.717, 1.165) is 0 Å². The largest absolute Gasteiger partial charge is 0.748 e. The van der Waals surface area contributed by atoms with Crippen LogP contribution < -0.4 is 0 Å². The Labute approximate surface area is 107 Å². The van der Waals surface area contributed by atoms with Crippen LogP contribution in [0.3, 0.4) is 0 Å². The number of rotatable bonds is 8. The maximum Gasteiger partial charge on any atom is 0.389 e. The lowest BCUT2D eigenvalue weighted by Crippen LogP contribution is -2.31. The Morgan fingerprint density at radius 2 is 1.28 bits per heavy atom. The van der Waals surface area contributed by atoms with Gasteiger partial charge >= 0.3 is 6.18 Å². The second-order valence-electron chi connectivity index (χ2n) is 5.10. The summed E-state index contributed by atoms with van der Waals surface area (Å²) in [5.41, 5.74) is 0. The van der Waals surface area contributed by atoms with Crippen molar-refractivity contribution in [1.29, 1.82) is 0 Å². The van der Waals surface area contributed by atoms with E-state index >= 15 is 0 Å². The summed E-state index contributed by atoms with van der Waals surface area (Å²) in [5.74, 6) is 0. The molecule has 0 N–H and O–H groups in total. The van der Waals surface area contributed by atoms with Gasteiger partial charge in [-0.3, -0.25) is 0 Å². The van der Waals surface area contributed by atoms with Crippen molar-refractivity contribution in [2.75, 3.05) is 0 Å². The predicted octanol–water partition coefficient (Wildman–Crippen LogP) is 3.60. The zero-order valence-electron chi connectivity index (χ0n) is 10.7. The molecule has 0 aromatic heterocycles. The quantitative estimate of drug-likeness (QED) is 0.506. The molecule has 0 aromatic rings. The van der Waals surface area contributed by atoms with Crippen LogP contribution >= 0.6 is 0 Å². The van der Waals surface area contributed by atoms with Crippen molar-refractivity contribution in [3.05, 3.63) is 0 Å². The average molecular weight is 289 g/mol. The molecule has 7 heteroatoms. The van der Waals surface area contributed by atoms with Gasteiger partial charge in [0.05, 0.1) is 14.9 Å². The van der Waals surface area contributed by atoms with Crippen molar-refractivity contribution >= 4 is 10.1 Å². The summed E-state index contributed by atoms with van der Waals surface area (Å²) in [5, 5.41) is 0. The summed E-state index contributed by atoms with van der Waals surface area (Å²) >= 11 is 0. The standard InChI is InChI=1S/C11H21F3O3S/c1-10(2,18(15,16)17)8-6-4-3-5-7-9-11(12,13)14/h3-9H2,1-2H3,(H,15,16,17)/p-1. The van der Waals surface area contributed by atoms with E-state index in [1.807, 2.05) is 0 Å². The summed E-state index contributed by atoms with van der Waals surface area (Å²) in [6.45, 7) is 2.75. The fourth-order valence-electron chi connectivity index (χ4n) is 1.53. The Balaban J connectivity index is 3.64. The molecule has 0 aliphatic rings. The minimum Gasteiger partial charge on any atom is -0.748 e. The zero-order valence-corrected chi connectivity index (χ0v) is 11.5. The van der Waals surface area contributed by atoms with Crippen molar-refractivity contribution in [3.8, 4) is 0 Å². The highest BCUT2D eigenvalue weighted by atomic mass is 32.2. The predicted molar refractivity (Wildman–Crippen MR) is 62.2 cm³/mol. The third-order valence-corrected chi connectivity index (χ3v) is 4.47. The average Bonchev–Trinajstić information content (AvgIpc) is 2.12. The first-order valence-electron chi connectivity index (χ1n) is 5.98. The van der Waals surface area contributed by atoms with Crippen LogP contribution in [0.25, 0.3) is 0 Å². The van der Waals surface area contributed by atoms with Gasteiger partial charge in [0, 0.05) is 6.42 Å². The molecule has 110 valence electrons. The molecule has 0 radical (unpaired) electrons. The van der Waals surface area contributed by atoms with E-state index in [1.165, 1.54) is 13.8 Å². The van der Waals surface area contributed by atoms with Gasteiger partial charge in [0.25, 0.3) is 0 Å². The topological polar surface area (TPSA) is 57.2 Å². The second kappa shape index (κ2) is 6.75. The highest BCUT2D eigenvalue weighted by molar-refractivity contribution is 7.87. The summed E-state index contributed by atoms with van der Waals surface area (Å²) in [4.78, 5) is 0. The smallest absolute Gasteiger partial charge is 0.389 e. The van der Waals surface area contributed by atoms with Crippen LogP contribution in [0.15, 0.2) is 0 Å². The minimum atomic E-state index is -4.32. The fourth-order valence-corrected chi connectivity index (χ4v) is 1.93. The highest BCUT2D eigenvalue weighted by Crippen LogP contribution is 2.25. The van der Waals surface area contributed by atoms with Crippen molar-refractivity contribution in [3.63, 3.8) is 0 Å². The molecule has 18 heavy (non-hydrogen) atoms. The molecule has 0 atom stereocenters. The number of hydrogen-bond acceptors (Lipinski definition) is 3. The number of halogens is 3. The van der Waals surface area contributed by atoms with Crippen molar-refractivity contribution in [2.24, 2.45) is 0 Å². The van der Waals surface area contributed by atoms with Gasteiger partial charge in [0.1, 0.15) is 0 Å². The Morgan fingerprint density at radius 3 is 1.67 bits per heavy atom. The molecule has 0 aliphatic carbocycles. The molecule has 0 aliphatic heterocycles. The molecule has 3 nitrogen and oxygen atoms in total. The van der Waals surface area contributed by atoms with E-state index in [4.69, 9.17) is 0 Å². The number of hydrogen-bond donors (Lipinski definition) is 0. The van der Waals surface area contributed by atoms with Gasteiger partial charge in [-0.15, -0.1) is 0 Å². The molecule has 0 bridgehead atoms. The molecule has 0 rings (SSSR count). The van der Waals surface area contributed by atoms with Crippen LogP contribution in [0.1, 0.15) is 58.8 Å². The molecule has 0 saturated carbocycles. The van der Waals surface area contributed by atoms with Crippen LogP contribution in [-0.2, 0) is 10.1 Å². The van der Waals surface area contributed by atoms with Crippen LogP contribution in [-0.4, -0.2) is 23.9 Å². The number of alkyl halides is 3. The lowest BCUT2D eigenvalue weighted by Gasteiger charge is -2.27. The number of unbranched alkanes of at least 4 members (excludes halogenated alkanes) is 4. The van der Waals surface area contributed by atoms with E-state index < -0.39 is 27.5 Å². The fraction of sp³-hybridized carbons (Fsp3) is 1.00. The molecule has 0 saturated heterocycles. The molecule has 0 amide bonds. The van der Waals surface area contributed by atoms with Crippen LogP contribution in [0.5, 0.6) is 0 Å². The van der Waals surface area contributed by atoms with Gasteiger partial charge in [0.2, 0.25) is 0 Å². The molecule has 0 fully saturated rings. The third kappa shape index (κ3) is 7.92. The van der Waals surface area contributed by atoms with Gasteiger partial charge in [-0.1, -0.05) is 25.7 Å². The van der Waals surface area contributed by atoms with Gasteiger partial charge in [0.15, 0.2) is 0 Å². The van der Waals surface area contributed by atoms with Gasteiger partial charge in [-0.25, -0.2) is 8.42 Å². The van der Waals surface area contributed by atoms with E-state index in [2.05, 4.69) is 0 Å². The van der Waals surface area contributed by atoms with E-state index in [9.17, 15) is 26.1 Å². The summed E-state index contributed by atoms with van der Waals surface area (Å²) in [7, 11) is -4.32. The zero-order chi connectivity index (χ0) is 14.4. The molecule has 0 spiro atoms. The Morgan fingerprint density at radius 1 is 0.889 bits per heavy atom. The highest BCUT2D eigenvalue weighted by Gasteiger charge is 2.26. The molecule has 0 heterocycles. The van der Waals surface area contributed by atoms with E-state index in [-0.39, 0.29) is 12.8 Å². The Kier molecular flexibility index (Phi) is 6.63. The van der Waals surface area contributed by atoms with Crippen LogP contribution in [0.2, 0.25) is 0 Å². The lowest BCUT2D eigenvalue weighted by molar-refractivity contribution is -0.135. The summed E-state index contributed by atoms with van der Waals surface area (Å²) in [6.07, 6.45) is -2.22. The normalized spacial score (nSPS) is 13.9. The lowest BCUT2D eigenvalue weighted by atomic mass is 10.0. The second-order valence-corrected chi connectivity index (χ2v) is 7.11. The maximum atomic E-state index is 11.8. The van der Waals surface area contributed by atoms with E-state index in [0.29, 0.717) is 25.7 Å². The van der Waals surface area contributed by atoms with E-state index in [1.54, 1.807) is 0 Å². The van der Waals surface area contributed by atoms with Gasteiger partial charge < -0.3 is 4.55 Å². The summed E-state index contributed by atoms with van der Waals surface area (Å²) < 4.78 is 66.7. The Hall–Kier alpha value is -0.300. The van der Waals surface area contributed by atoms with Crippen molar-refractivity contribution < 1.29 is 26.1 Å². The first-order valence-corrected chi connectivity index (χ1v) is 7.39. The first kappa shape index (κ1) is 17.7. The molecular weight excluding hydrogens is 269 g/mol. The summed E-state index contributed by atoms with van der Waals surface area (Å²) in [6, 6.07) is 0. The third-order valence-electron chi connectivity index (χ3n) is 2.92.